The van der Waals surface area contributed by atoms with Crippen LogP contribution in [0.3, 0.4) is 0 Å². The Bertz CT molecular complexity index is 2730. The molecule has 222 valence electrons. The van der Waals surface area contributed by atoms with E-state index in [1.54, 1.807) is 0 Å². The van der Waals surface area contributed by atoms with Gasteiger partial charge in [0.05, 0.1) is 0 Å². The first-order valence-corrected chi connectivity index (χ1v) is 16.0. The van der Waals surface area contributed by atoms with E-state index in [4.69, 9.17) is 51.5 Å². The van der Waals surface area contributed by atoms with Gasteiger partial charge in [-0.25, -0.2) is 0 Å². The van der Waals surface area contributed by atoms with E-state index in [0.29, 0.717) is 44.2 Å². The number of hydrogen-bond acceptors (Lipinski definition) is 3. The minimum Gasteiger partial charge on any atom is -0.508 e. The van der Waals surface area contributed by atoms with Gasteiger partial charge < -0.3 is 14.6 Å². The van der Waals surface area contributed by atoms with Crippen LogP contribution < -0.4 is 32.8 Å². The fourth-order valence-corrected chi connectivity index (χ4v) is 7.10. The van der Waals surface area contributed by atoms with Gasteiger partial charge in [-0.15, -0.1) is 10.9 Å². The van der Waals surface area contributed by atoms with Gasteiger partial charge in [-0.1, -0.05) is 94.7 Å². The number of allylic oxidation sites excluding steroid dienone is 3. The van der Waals surface area contributed by atoms with Crippen molar-refractivity contribution in [3.8, 4) is 33.8 Å². The van der Waals surface area contributed by atoms with Crippen LogP contribution in [-0.2, 0) is 0 Å². The zero-order valence-corrected chi connectivity index (χ0v) is 27.1. The molecule has 1 aromatic heterocycles. The van der Waals surface area contributed by atoms with Crippen LogP contribution in [0.5, 0.6) is 11.5 Å². The second-order valence-electron chi connectivity index (χ2n) is 12.4. The van der Waals surface area contributed by atoms with Gasteiger partial charge in [0.1, 0.15) is 69.7 Å². The van der Waals surface area contributed by atoms with Crippen molar-refractivity contribution >= 4 is 140 Å². The first kappa shape index (κ1) is 31.8. The molecule has 9 heteroatoms. The van der Waals surface area contributed by atoms with Crippen LogP contribution in [-0.4, -0.2) is 57.3 Å². The van der Waals surface area contributed by atoms with Gasteiger partial charge in [0.2, 0.25) is 0 Å². The largest absolute Gasteiger partial charge is 0.508 e. The predicted octanol–water partition coefficient (Wildman–Crippen LogP) is 4.14. The van der Waals surface area contributed by atoms with Crippen molar-refractivity contribution in [3.05, 3.63) is 103 Å². The van der Waals surface area contributed by atoms with E-state index in [-0.39, 0.29) is 55.0 Å². The maximum absolute atomic E-state index is 11.9. The normalized spacial score (nSPS) is 12.2. The Balaban J connectivity index is 1.55. The summed E-state index contributed by atoms with van der Waals surface area (Å²) in [6, 6.07) is 25.4. The first-order valence-electron chi connectivity index (χ1n) is 16.0. The average Bonchev–Trinajstić information content (AvgIpc) is 3.50. The molecule has 0 aliphatic carbocycles. The second-order valence-corrected chi connectivity index (χ2v) is 12.4. The summed E-state index contributed by atoms with van der Waals surface area (Å²) in [5, 5.41) is 28.7. The number of hydrogen-bond donors (Lipinski definition) is 2. The highest BCUT2D eigenvalue weighted by Crippen LogP contribution is 2.48. The minimum atomic E-state index is -0.322. The number of furan rings is 1. The lowest BCUT2D eigenvalue weighted by atomic mass is 9.62. The monoisotopic (exact) mass is 628 g/mol. The molecule has 0 bridgehead atoms. The highest BCUT2D eigenvalue weighted by molar-refractivity contribution is 6.68. The van der Waals surface area contributed by atoms with E-state index in [1.165, 1.54) is 0 Å². The summed E-state index contributed by atoms with van der Waals surface area (Å²) in [7, 11) is 39.5. The number of fused-ring (bicyclic) bond motifs is 6. The van der Waals surface area contributed by atoms with E-state index in [1.807, 2.05) is 110 Å². The van der Waals surface area contributed by atoms with E-state index >= 15 is 0 Å². The zero-order valence-electron chi connectivity index (χ0n) is 27.1. The van der Waals surface area contributed by atoms with Crippen molar-refractivity contribution < 1.29 is 14.6 Å². The van der Waals surface area contributed by atoms with E-state index < -0.39 is 0 Å². The summed E-state index contributed by atoms with van der Waals surface area (Å²) in [6.45, 7) is 1.96. The van der Waals surface area contributed by atoms with E-state index in [9.17, 15) is 10.2 Å². The maximum Gasteiger partial charge on any atom is 0.136 e. The molecule has 2 N–H and O–H groups in total. The molecule has 12 radical (unpaired) electrons. The molecular formula is C41H22B6O3. The Hall–Kier alpha value is -5.41. The fourth-order valence-electron chi connectivity index (χ4n) is 7.10. The Morgan fingerprint density at radius 1 is 0.520 bits per heavy atom. The van der Waals surface area contributed by atoms with Crippen LogP contribution >= 0.6 is 0 Å². The standard InChI is InChI=1S/C41H22B6O3/c1-2-3-4-7-19-10-14-24-25-18-23(13-15-26(25)50-27(24)16-19)29-31-30(34(42)36(44)37(45)35(31)43)28(22-12-11-20-8-5-6-9-21(20)17-22)32-33(29)41(49)39(47)38(46)40(32)48/h2-18,48-49H,1H3/b3-2-,7-4-. The lowest BCUT2D eigenvalue weighted by molar-refractivity contribution is 0.476. The first-order chi connectivity index (χ1) is 24.1. The van der Waals surface area contributed by atoms with Crippen LogP contribution in [0.25, 0.3) is 82.6 Å². The molecule has 0 fully saturated rings. The van der Waals surface area contributed by atoms with Gasteiger partial charge in [0, 0.05) is 32.7 Å². The molecule has 0 saturated heterocycles. The highest BCUT2D eigenvalue weighted by Gasteiger charge is 2.27. The van der Waals surface area contributed by atoms with Crippen LogP contribution in [0.4, 0.5) is 0 Å². The molecule has 0 spiro atoms. The quantitative estimate of drug-likeness (QED) is 0.134. The molecule has 1 heterocycles. The third-order valence-electron chi connectivity index (χ3n) is 9.60. The zero-order chi connectivity index (χ0) is 35.0. The van der Waals surface area contributed by atoms with Gasteiger partial charge in [0.25, 0.3) is 0 Å². The molecular weight excluding hydrogens is 605 g/mol. The lowest BCUT2D eigenvalue weighted by Gasteiger charge is -2.27. The van der Waals surface area contributed by atoms with Crippen LogP contribution in [0.15, 0.2) is 102 Å². The summed E-state index contributed by atoms with van der Waals surface area (Å²) in [5.41, 5.74) is 4.75. The van der Waals surface area contributed by atoms with Gasteiger partial charge >= 0.3 is 0 Å². The molecule has 0 atom stereocenters. The van der Waals surface area contributed by atoms with Crippen molar-refractivity contribution in [2.24, 2.45) is 0 Å². The molecule has 0 aliphatic rings. The summed E-state index contributed by atoms with van der Waals surface area (Å²) < 4.78 is 6.27. The molecule has 0 saturated carbocycles. The third kappa shape index (κ3) is 4.67. The minimum absolute atomic E-state index is 0.0977. The molecule has 50 heavy (non-hydrogen) atoms. The second kappa shape index (κ2) is 11.9. The SMILES string of the molecule is [B]c1c([B])c([B])c2c(-c3ccc4oc5cc(/C=C\C=C/C)ccc5c4c3)c3c(O)c([B])c([B])c(O)c3c(-c3ccc4ccccc4c3)c2c1[B]. The van der Waals surface area contributed by atoms with E-state index in [0.717, 1.165) is 27.1 Å². The molecule has 3 nitrogen and oxygen atoms in total. The van der Waals surface area contributed by atoms with E-state index in [2.05, 4.69) is 0 Å². The summed E-state index contributed by atoms with van der Waals surface area (Å²) in [5.74, 6) is -0.638. The highest BCUT2D eigenvalue weighted by atomic mass is 16.3. The molecule has 8 aromatic rings. The maximum atomic E-state index is 11.9. The van der Waals surface area contributed by atoms with Crippen LogP contribution in [0.1, 0.15) is 12.5 Å². The van der Waals surface area contributed by atoms with Gasteiger partial charge in [-0.05, 0) is 75.5 Å². The summed E-state index contributed by atoms with van der Waals surface area (Å²) >= 11 is 0. The lowest BCUT2D eigenvalue weighted by Crippen LogP contribution is -2.48. The Morgan fingerprint density at radius 2 is 1.12 bits per heavy atom. The molecule has 7 aromatic carbocycles. The van der Waals surface area contributed by atoms with Gasteiger partial charge in [-0.3, -0.25) is 0 Å². The predicted molar refractivity (Wildman–Crippen MR) is 217 cm³/mol. The Morgan fingerprint density at radius 3 is 1.76 bits per heavy atom. The van der Waals surface area contributed by atoms with Gasteiger partial charge in [-0.2, -0.15) is 0 Å². The number of benzene rings is 7. The van der Waals surface area contributed by atoms with Crippen molar-refractivity contribution in [3.63, 3.8) is 0 Å². The average molecular weight is 627 g/mol. The number of phenolic OH excluding ortho intramolecular Hbond substituents is 2. The van der Waals surface area contributed by atoms with Crippen molar-refractivity contribution in [2.45, 2.75) is 6.92 Å². The Labute approximate surface area is 297 Å². The topological polar surface area (TPSA) is 53.6 Å². The van der Waals surface area contributed by atoms with Gasteiger partial charge in [0.15, 0.2) is 0 Å². The molecule has 0 amide bonds. The number of rotatable bonds is 4. The van der Waals surface area contributed by atoms with Crippen molar-refractivity contribution in [2.75, 3.05) is 0 Å². The molecule has 0 aliphatic heterocycles. The summed E-state index contributed by atoms with van der Waals surface area (Å²) in [4.78, 5) is 0. The van der Waals surface area contributed by atoms with Crippen molar-refractivity contribution in [1.82, 2.24) is 0 Å². The van der Waals surface area contributed by atoms with Crippen molar-refractivity contribution in [1.29, 1.82) is 0 Å². The van der Waals surface area contributed by atoms with Crippen LogP contribution in [0, 0.1) is 0 Å². The molecule has 8 rings (SSSR count). The number of aromatic hydroxyl groups is 2. The van der Waals surface area contributed by atoms with Crippen LogP contribution in [0.2, 0.25) is 0 Å². The third-order valence-corrected chi connectivity index (χ3v) is 9.60. The Kier molecular flexibility index (Phi) is 7.56. The smallest absolute Gasteiger partial charge is 0.136 e. The fraction of sp³-hybridized carbons (Fsp3) is 0.0244. The molecule has 0 unspecified atom stereocenters. The number of phenols is 2. The summed E-state index contributed by atoms with van der Waals surface area (Å²) in [6.07, 6.45) is 7.89.